The van der Waals surface area contributed by atoms with E-state index >= 15 is 0 Å². The van der Waals surface area contributed by atoms with E-state index in [1.807, 2.05) is 0 Å². The Labute approximate surface area is 136 Å². The van der Waals surface area contributed by atoms with Crippen LogP contribution in [0.2, 0.25) is 0 Å². The van der Waals surface area contributed by atoms with Crippen LogP contribution in [0.3, 0.4) is 0 Å². The van der Waals surface area contributed by atoms with Crippen molar-refractivity contribution in [3.63, 3.8) is 0 Å². The molecule has 1 fully saturated rings. The van der Waals surface area contributed by atoms with E-state index in [1.54, 1.807) is 0 Å². The molecule has 2 rings (SSSR count). The normalized spacial score (nSPS) is 17.3. The number of carbonyl (C=O) groups is 3. The number of amides is 3. The van der Waals surface area contributed by atoms with E-state index in [1.165, 1.54) is 19.2 Å². The van der Waals surface area contributed by atoms with Crippen molar-refractivity contribution in [2.24, 2.45) is 0 Å². The maximum atomic E-state index is 12.9. The predicted molar refractivity (Wildman–Crippen MR) is 78.9 cm³/mol. The van der Waals surface area contributed by atoms with Gasteiger partial charge in [-0.15, -0.1) is 0 Å². The number of alkyl halides is 3. The first-order chi connectivity index (χ1) is 11.2. The average molecular weight is 343 g/mol. The molecular weight excluding hydrogens is 327 g/mol. The second-order valence-corrected chi connectivity index (χ2v) is 5.44. The Balaban J connectivity index is 1.98. The molecule has 1 aromatic rings. The van der Waals surface area contributed by atoms with Gasteiger partial charge in [-0.2, -0.15) is 13.2 Å². The SMILES string of the molecule is CN(CC(=O)Nc1ccccc1C(F)(F)F)C(=O)[C@@H]1CCC(=O)N1. The number of hydrogen-bond acceptors (Lipinski definition) is 3. The second-order valence-electron chi connectivity index (χ2n) is 5.44. The summed E-state index contributed by atoms with van der Waals surface area (Å²) in [5, 5.41) is 4.64. The van der Waals surface area contributed by atoms with Gasteiger partial charge in [-0.05, 0) is 18.6 Å². The van der Waals surface area contributed by atoms with Gasteiger partial charge in [0.1, 0.15) is 6.04 Å². The van der Waals surface area contributed by atoms with Crippen molar-refractivity contribution in [2.75, 3.05) is 18.9 Å². The van der Waals surface area contributed by atoms with Gasteiger partial charge in [0.15, 0.2) is 0 Å². The van der Waals surface area contributed by atoms with Gasteiger partial charge in [0.05, 0.1) is 17.8 Å². The van der Waals surface area contributed by atoms with E-state index in [0.717, 1.165) is 17.0 Å². The molecule has 0 aromatic heterocycles. The van der Waals surface area contributed by atoms with Gasteiger partial charge in [-0.3, -0.25) is 14.4 Å². The molecule has 24 heavy (non-hydrogen) atoms. The van der Waals surface area contributed by atoms with Crippen LogP contribution in [0.15, 0.2) is 24.3 Å². The van der Waals surface area contributed by atoms with E-state index in [2.05, 4.69) is 10.6 Å². The largest absolute Gasteiger partial charge is 0.418 e. The lowest BCUT2D eigenvalue weighted by atomic mass is 10.1. The van der Waals surface area contributed by atoms with Crippen LogP contribution >= 0.6 is 0 Å². The monoisotopic (exact) mass is 343 g/mol. The fourth-order valence-corrected chi connectivity index (χ4v) is 2.39. The molecule has 1 atom stereocenters. The Bertz CT molecular complexity index is 661. The van der Waals surface area contributed by atoms with Crippen molar-refractivity contribution >= 4 is 23.4 Å². The number of likely N-dealkylation sites (N-methyl/N-ethyl adjacent to an activating group) is 1. The zero-order chi connectivity index (χ0) is 17.9. The first-order valence-electron chi connectivity index (χ1n) is 7.19. The predicted octanol–water partition coefficient (Wildman–Crippen LogP) is 1.38. The molecule has 1 aliphatic rings. The molecule has 2 N–H and O–H groups in total. The molecular formula is C15H16F3N3O3. The highest BCUT2D eigenvalue weighted by molar-refractivity contribution is 5.97. The zero-order valence-corrected chi connectivity index (χ0v) is 12.8. The molecule has 3 amide bonds. The molecule has 0 radical (unpaired) electrons. The molecule has 9 heteroatoms. The third-order valence-corrected chi connectivity index (χ3v) is 3.56. The Morgan fingerprint density at radius 1 is 1.33 bits per heavy atom. The standard InChI is InChI=1S/C15H16F3N3O3/c1-21(14(24)11-6-7-12(22)20-11)8-13(23)19-10-5-3-2-4-9(10)15(16,17)18/h2-5,11H,6-8H2,1H3,(H,19,23)(H,20,22)/t11-/m0/s1. The lowest BCUT2D eigenvalue weighted by Crippen LogP contribution is -2.45. The Morgan fingerprint density at radius 2 is 2.00 bits per heavy atom. The van der Waals surface area contributed by atoms with Crippen LogP contribution in [0.1, 0.15) is 18.4 Å². The third kappa shape index (κ3) is 4.24. The first kappa shape index (κ1) is 17.8. The van der Waals surface area contributed by atoms with Gasteiger partial charge in [0, 0.05) is 13.5 Å². The molecule has 130 valence electrons. The van der Waals surface area contributed by atoms with Crippen molar-refractivity contribution in [2.45, 2.75) is 25.1 Å². The summed E-state index contributed by atoms with van der Waals surface area (Å²) in [7, 11) is 1.35. The summed E-state index contributed by atoms with van der Waals surface area (Å²) < 4.78 is 38.6. The topological polar surface area (TPSA) is 78.5 Å². The summed E-state index contributed by atoms with van der Waals surface area (Å²) in [6, 6.07) is 3.89. The number of anilines is 1. The Hall–Kier alpha value is -2.58. The molecule has 0 aliphatic carbocycles. The lowest BCUT2D eigenvalue weighted by molar-refractivity contribution is -0.137. The summed E-state index contributed by atoms with van der Waals surface area (Å²) in [6.45, 7) is -0.419. The Morgan fingerprint density at radius 3 is 2.58 bits per heavy atom. The van der Waals surface area contributed by atoms with Crippen LogP contribution in [0, 0.1) is 0 Å². The molecule has 0 saturated carbocycles. The minimum atomic E-state index is -4.60. The number of halogens is 3. The number of hydrogen-bond donors (Lipinski definition) is 2. The van der Waals surface area contributed by atoms with Gasteiger partial charge in [-0.25, -0.2) is 0 Å². The summed E-state index contributed by atoms with van der Waals surface area (Å²) in [6.07, 6.45) is -4.03. The van der Waals surface area contributed by atoms with Crippen LogP contribution in [0.4, 0.5) is 18.9 Å². The number of nitrogens with one attached hydrogen (secondary N) is 2. The average Bonchev–Trinajstić information content (AvgIpc) is 2.92. The number of benzene rings is 1. The van der Waals surface area contributed by atoms with Crippen molar-refractivity contribution in [1.29, 1.82) is 0 Å². The molecule has 6 nitrogen and oxygen atoms in total. The van der Waals surface area contributed by atoms with Gasteiger partial charge in [0.25, 0.3) is 0 Å². The van der Waals surface area contributed by atoms with Crippen molar-refractivity contribution in [3.05, 3.63) is 29.8 Å². The highest BCUT2D eigenvalue weighted by Crippen LogP contribution is 2.34. The molecule has 1 saturated heterocycles. The van der Waals surface area contributed by atoms with Crippen LogP contribution in [-0.4, -0.2) is 42.3 Å². The first-order valence-corrected chi connectivity index (χ1v) is 7.19. The Kier molecular flexibility index (Phi) is 5.10. The number of nitrogens with zero attached hydrogens (tertiary/aromatic N) is 1. The number of rotatable bonds is 4. The van der Waals surface area contributed by atoms with Crippen LogP contribution < -0.4 is 10.6 Å². The van der Waals surface area contributed by atoms with Crippen molar-refractivity contribution in [1.82, 2.24) is 10.2 Å². The van der Waals surface area contributed by atoms with E-state index in [0.29, 0.717) is 6.42 Å². The van der Waals surface area contributed by atoms with E-state index in [9.17, 15) is 27.6 Å². The second kappa shape index (κ2) is 6.90. The minimum absolute atomic E-state index is 0.232. The molecule has 0 spiro atoms. The van der Waals surface area contributed by atoms with Gasteiger partial charge in [0.2, 0.25) is 17.7 Å². The zero-order valence-electron chi connectivity index (χ0n) is 12.8. The van der Waals surface area contributed by atoms with E-state index in [-0.39, 0.29) is 18.0 Å². The minimum Gasteiger partial charge on any atom is -0.344 e. The molecule has 0 unspecified atom stereocenters. The van der Waals surface area contributed by atoms with Gasteiger partial charge >= 0.3 is 6.18 Å². The van der Waals surface area contributed by atoms with Crippen molar-refractivity contribution < 1.29 is 27.6 Å². The van der Waals surface area contributed by atoms with Crippen molar-refractivity contribution in [3.8, 4) is 0 Å². The lowest BCUT2D eigenvalue weighted by Gasteiger charge is -2.21. The van der Waals surface area contributed by atoms with Gasteiger partial charge in [-0.1, -0.05) is 12.1 Å². The molecule has 1 aromatic carbocycles. The number of carbonyl (C=O) groups excluding carboxylic acids is 3. The van der Waals surface area contributed by atoms with Crippen LogP contribution in [-0.2, 0) is 20.6 Å². The smallest absolute Gasteiger partial charge is 0.344 e. The van der Waals surface area contributed by atoms with Gasteiger partial charge < -0.3 is 15.5 Å². The highest BCUT2D eigenvalue weighted by atomic mass is 19.4. The van der Waals surface area contributed by atoms with Crippen LogP contribution in [0.5, 0.6) is 0 Å². The summed E-state index contributed by atoms with van der Waals surface area (Å²) >= 11 is 0. The fraction of sp³-hybridized carbons (Fsp3) is 0.400. The summed E-state index contributed by atoms with van der Waals surface area (Å²) in [5.74, 6) is -1.46. The highest BCUT2D eigenvalue weighted by Gasteiger charge is 2.34. The quantitative estimate of drug-likeness (QED) is 0.867. The molecule has 1 heterocycles. The maximum Gasteiger partial charge on any atom is 0.418 e. The molecule has 1 aliphatic heterocycles. The number of para-hydroxylation sites is 1. The third-order valence-electron chi connectivity index (χ3n) is 3.56. The van der Waals surface area contributed by atoms with E-state index < -0.39 is 36.1 Å². The fourth-order valence-electron chi connectivity index (χ4n) is 2.39. The summed E-state index contributed by atoms with van der Waals surface area (Å²) in [4.78, 5) is 36.2. The molecule has 0 bridgehead atoms. The summed E-state index contributed by atoms with van der Waals surface area (Å²) in [5.41, 5.74) is -1.33. The van der Waals surface area contributed by atoms with E-state index in [4.69, 9.17) is 0 Å². The maximum absolute atomic E-state index is 12.9. The van der Waals surface area contributed by atoms with Crippen LogP contribution in [0.25, 0.3) is 0 Å².